The number of hydrogen-bond donors (Lipinski definition) is 2. The van der Waals surface area contributed by atoms with Gasteiger partial charge in [0, 0.05) is 19.2 Å². The average molecular weight is 296 g/mol. The largest absolute Gasteiger partial charge is 0.375 e. The zero-order valence-electron chi connectivity index (χ0n) is 9.50. The van der Waals surface area contributed by atoms with Gasteiger partial charge >= 0.3 is 0 Å². The van der Waals surface area contributed by atoms with E-state index in [9.17, 15) is 0 Å². The van der Waals surface area contributed by atoms with Crippen LogP contribution in [0.5, 0.6) is 0 Å². The quantitative estimate of drug-likeness (QED) is 0.517. The molecule has 0 atom stereocenters. The van der Waals surface area contributed by atoms with Crippen LogP contribution >= 0.6 is 35.8 Å². The number of thiocarbonyl (C=S) groups is 1. The lowest BCUT2D eigenvalue weighted by molar-refractivity contribution is 0.755. The number of aryl methyl sites for hydroxylation is 1. The van der Waals surface area contributed by atoms with Crippen LogP contribution in [0.3, 0.4) is 0 Å². The normalized spacial score (nSPS) is 11.1. The van der Waals surface area contributed by atoms with Gasteiger partial charge in [-0.15, -0.1) is 11.3 Å². The van der Waals surface area contributed by atoms with Crippen LogP contribution in [0.2, 0.25) is 0 Å². The van der Waals surface area contributed by atoms with Crippen molar-refractivity contribution in [2.45, 2.75) is 13.0 Å². The van der Waals surface area contributed by atoms with E-state index >= 15 is 0 Å². The molecule has 2 aromatic rings. The summed E-state index contributed by atoms with van der Waals surface area (Å²) in [5, 5.41) is 4.07. The van der Waals surface area contributed by atoms with Crippen molar-refractivity contribution in [1.29, 1.82) is 0 Å². The number of fused-ring (bicyclic) bond motifs is 1. The van der Waals surface area contributed by atoms with E-state index in [1.807, 2.05) is 12.1 Å². The van der Waals surface area contributed by atoms with E-state index in [0.717, 1.165) is 16.9 Å². The molecule has 0 bridgehead atoms. The molecule has 0 saturated carbocycles. The molecule has 1 aromatic heterocycles. The van der Waals surface area contributed by atoms with E-state index in [4.69, 9.17) is 18.0 Å². The van der Waals surface area contributed by atoms with Gasteiger partial charge in [0.2, 0.25) is 0 Å². The first-order valence-electron chi connectivity index (χ1n) is 5.34. The summed E-state index contributed by atoms with van der Waals surface area (Å²) < 4.78 is 4.20. The highest BCUT2D eigenvalue weighted by Gasteiger charge is 2.02. The van der Waals surface area contributed by atoms with E-state index in [2.05, 4.69) is 39.4 Å². The summed E-state index contributed by atoms with van der Waals surface area (Å²) in [7, 11) is 0. The zero-order chi connectivity index (χ0) is 13.0. The van der Waals surface area contributed by atoms with Crippen LogP contribution in [0.25, 0.3) is 10.2 Å². The van der Waals surface area contributed by atoms with Crippen LogP contribution in [0.4, 0.5) is 0 Å². The summed E-state index contributed by atoms with van der Waals surface area (Å²) in [5.41, 5.74) is 8.95. The first kappa shape index (κ1) is 13.1. The minimum atomic E-state index is 0.170. The fourth-order valence-electron chi connectivity index (χ4n) is 1.59. The smallest absolute Gasteiger partial charge is 0.184 e. The highest BCUT2D eigenvalue weighted by Crippen LogP contribution is 2.22. The predicted octanol–water partition coefficient (Wildman–Crippen LogP) is 2.64. The molecular formula is C11H12N4S3. The fourth-order valence-corrected chi connectivity index (χ4v) is 3.02. The molecule has 94 valence electrons. The number of para-hydroxylation sites is 1. The van der Waals surface area contributed by atoms with Gasteiger partial charge < -0.3 is 10.3 Å². The third-order valence-electron chi connectivity index (χ3n) is 2.32. The topological polar surface area (TPSA) is 55.3 Å². The molecule has 7 heteroatoms. The number of rotatable bonds is 4. The molecule has 0 radical (unpaired) electrons. The summed E-state index contributed by atoms with van der Waals surface area (Å²) in [6, 6.07) is 8.19. The van der Waals surface area contributed by atoms with Crippen molar-refractivity contribution in [2.24, 2.45) is 10.8 Å². The number of hydrogen-bond acceptors (Lipinski definition) is 4. The third kappa shape index (κ3) is 3.12. The highest BCUT2D eigenvalue weighted by molar-refractivity contribution is 7.80. The number of nitrogens with zero attached hydrogens (tertiary/aromatic N) is 2. The summed E-state index contributed by atoms with van der Waals surface area (Å²) in [5.74, 6) is 0. The van der Waals surface area contributed by atoms with Gasteiger partial charge in [-0.25, -0.2) is 0 Å². The van der Waals surface area contributed by atoms with E-state index in [-0.39, 0.29) is 5.11 Å². The molecule has 1 heterocycles. The molecule has 0 amide bonds. The van der Waals surface area contributed by atoms with Crippen molar-refractivity contribution >= 4 is 57.3 Å². The lowest BCUT2D eigenvalue weighted by Crippen LogP contribution is -2.24. The van der Waals surface area contributed by atoms with Gasteiger partial charge in [0.25, 0.3) is 0 Å². The van der Waals surface area contributed by atoms with Gasteiger partial charge in [0.15, 0.2) is 9.07 Å². The van der Waals surface area contributed by atoms with Gasteiger partial charge in [-0.05, 0) is 36.6 Å². The Morgan fingerprint density at radius 1 is 1.50 bits per heavy atom. The van der Waals surface area contributed by atoms with Gasteiger partial charge in [0.1, 0.15) is 0 Å². The SMILES string of the molecule is NC(=S)N/N=C\CCn1c(=S)sc2ccccc21. The highest BCUT2D eigenvalue weighted by atomic mass is 32.1. The van der Waals surface area contributed by atoms with Crippen molar-refractivity contribution < 1.29 is 0 Å². The van der Waals surface area contributed by atoms with Crippen molar-refractivity contribution in [3.05, 3.63) is 28.2 Å². The fraction of sp³-hybridized carbons (Fsp3) is 0.182. The third-order valence-corrected chi connectivity index (χ3v) is 3.84. The Kier molecular flexibility index (Phi) is 4.40. The molecule has 0 aliphatic heterocycles. The second kappa shape index (κ2) is 6.03. The van der Waals surface area contributed by atoms with Crippen LogP contribution in [-0.2, 0) is 6.54 Å². The molecule has 1 aromatic carbocycles. The summed E-state index contributed by atoms with van der Waals surface area (Å²) in [4.78, 5) is 0. The van der Waals surface area contributed by atoms with Gasteiger partial charge in [-0.2, -0.15) is 5.10 Å². The van der Waals surface area contributed by atoms with Crippen LogP contribution in [0, 0.1) is 3.95 Å². The van der Waals surface area contributed by atoms with Gasteiger partial charge in [0.05, 0.1) is 10.2 Å². The summed E-state index contributed by atoms with van der Waals surface area (Å²) in [6.45, 7) is 0.797. The average Bonchev–Trinajstić information content (AvgIpc) is 2.65. The number of benzene rings is 1. The number of nitrogens with one attached hydrogen (secondary N) is 1. The molecule has 2 rings (SSSR count). The standard InChI is InChI=1S/C11H12N4S3/c12-10(16)14-13-6-3-7-15-8-4-1-2-5-9(8)18-11(15)17/h1-2,4-6H,3,7H2,(H3,12,14,16)/b13-6-. The maximum absolute atomic E-state index is 5.35. The minimum Gasteiger partial charge on any atom is -0.375 e. The predicted molar refractivity (Wildman–Crippen MR) is 83.7 cm³/mol. The second-order valence-corrected chi connectivity index (χ2v) is 5.68. The van der Waals surface area contributed by atoms with Gasteiger partial charge in [-0.1, -0.05) is 12.1 Å². The molecule has 0 saturated heterocycles. The molecule has 0 unspecified atom stereocenters. The Hall–Kier alpha value is -1.31. The van der Waals surface area contributed by atoms with Crippen molar-refractivity contribution in [3.8, 4) is 0 Å². The second-order valence-electron chi connectivity index (χ2n) is 3.56. The number of aromatic nitrogens is 1. The molecule has 0 fully saturated rings. The van der Waals surface area contributed by atoms with Gasteiger partial charge in [-0.3, -0.25) is 5.43 Å². The monoisotopic (exact) mass is 296 g/mol. The number of thiazole rings is 1. The maximum Gasteiger partial charge on any atom is 0.184 e. The van der Waals surface area contributed by atoms with E-state index in [1.165, 1.54) is 10.2 Å². The van der Waals surface area contributed by atoms with Crippen LogP contribution in [-0.4, -0.2) is 15.9 Å². The number of nitrogens with two attached hydrogens (primary N) is 1. The van der Waals surface area contributed by atoms with Crippen molar-refractivity contribution in [2.75, 3.05) is 0 Å². The number of hydrazone groups is 1. The Balaban J connectivity index is 2.08. The van der Waals surface area contributed by atoms with Crippen LogP contribution in [0.1, 0.15) is 6.42 Å². The Labute approximate surface area is 119 Å². The summed E-state index contributed by atoms with van der Waals surface area (Å²) in [6.07, 6.45) is 2.51. The Morgan fingerprint density at radius 2 is 2.28 bits per heavy atom. The van der Waals surface area contributed by atoms with Crippen molar-refractivity contribution in [3.63, 3.8) is 0 Å². The molecular weight excluding hydrogens is 284 g/mol. The minimum absolute atomic E-state index is 0.170. The molecule has 0 aliphatic rings. The lowest BCUT2D eigenvalue weighted by Gasteiger charge is -2.01. The lowest BCUT2D eigenvalue weighted by atomic mass is 10.3. The molecule has 18 heavy (non-hydrogen) atoms. The van der Waals surface area contributed by atoms with Crippen LogP contribution in [0.15, 0.2) is 29.4 Å². The molecule has 0 spiro atoms. The van der Waals surface area contributed by atoms with Crippen LogP contribution < -0.4 is 11.2 Å². The molecule has 0 aliphatic carbocycles. The zero-order valence-corrected chi connectivity index (χ0v) is 11.9. The molecule has 3 N–H and O–H groups in total. The van der Waals surface area contributed by atoms with Crippen molar-refractivity contribution in [1.82, 2.24) is 9.99 Å². The maximum atomic E-state index is 5.35. The Morgan fingerprint density at radius 3 is 3.06 bits per heavy atom. The summed E-state index contributed by atoms with van der Waals surface area (Å²) >= 11 is 11.6. The van der Waals surface area contributed by atoms with E-state index < -0.39 is 0 Å². The van der Waals surface area contributed by atoms with E-state index in [1.54, 1.807) is 17.6 Å². The first-order chi connectivity index (χ1) is 8.68. The van der Waals surface area contributed by atoms with E-state index in [0.29, 0.717) is 0 Å². The first-order valence-corrected chi connectivity index (χ1v) is 6.97. The Bertz CT molecular complexity index is 641. The molecule has 4 nitrogen and oxygen atoms in total.